The van der Waals surface area contributed by atoms with Gasteiger partial charge in [-0.1, -0.05) is 23.2 Å². The molecular weight excluding hydrogens is 433 g/mol. The third-order valence-electron chi connectivity index (χ3n) is 3.55. The summed E-state index contributed by atoms with van der Waals surface area (Å²) >= 11 is 13.1. The predicted molar refractivity (Wildman–Crippen MR) is 109 cm³/mol. The van der Waals surface area contributed by atoms with Crippen molar-refractivity contribution in [3.05, 3.63) is 52.1 Å². The van der Waals surface area contributed by atoms with Crippen LogP contribution in [-0.2, 0) is 10.1 Å². The fraction of sp³-hybridized carbons (Fsp3) is 0.250. The van der Waals surface area contributed by atoms with E-state index < -0.39 is 16.0 Å². The second-order valence-electron chi connectivity index (χ2n) is 5.42. The quantitative estimate of drug-likeness (QED) is 0.691. The molecule has 0 spiro atoms. The lowest BCUT2D eigenvalue weighted by atomic mass is 10.2. The number of hydrogen-bond acceptors (Lipinski definition) is 6. The van der Waals surface area contributed by atoms with Gasteiger partial charge in [-0.15, -0.1) is 0 Å². The summed E-state index contributed by atoms with van der Waals surface area (Å²) in [5.74, 6) is 2.32. The third kappa shape index (κ3) is 6.54. The molecule has 11 heteroatoms. The highest BCUT2D eigenvalue weighted by Crippen LogP contribution is 2.20. The van der Waals surface area contributed by atoms with Gasteiger partial charge in [-0.05, 0) is 30.3 Å². The molecule has 2 heterocycles. The highest BCUT2D eigenvalue weighted by Gasteiger charge is 2.14. The molecule has 1 fully saturated rings. The number of carbonyl (C=O) groups excluding carboxylic acids is 1. The fourth-order valence-corrected chi connectivity index (χ4v) is 4.02. The van der Waals surface area contributed by atoms with E-state index in [-0.39, 0.29) is 15.5 Å². The molecule has 7 nitrogen and oxygen atoms in total. The van der Waals surface area contributed by atoms with Crippen molar-refractivity contribution in [2.24, 2.45) is 5.73 Å². The van der Waals surface area contributed by atoms with E-state index in [2.05, 4.69) is 9.88 Å². The Hall–Kier alpha value is -1.52. The summed E-state index contributed by atoms with van der Waals surface area (Å²) in [6.45, 7) is 1.84. The number of amides is 1. The van der Waals surface area contributed by atoms with Crippen molar-refractivity contribution >= 4 is 56.8 Å². The number of nitrogens with two attached hydrogens (primary N) is 1. The van der Waals surface area contributed by atoms with Crippen LogP contribution in [0.3, 0.4) is 0 Å². The number of anilines is 1. The molecule has 1 saturated heterocycles. The molecule has 0 saturated carbocycles. The first-order chi connectivity index (χ1) is 12.7. The Balaban J connectivity index is 0.000000208. The van der Waals surface area contributed by atoms with Crippen LogP contribution in [0.15, 0.2) is 41.4 Å². The molecule has 27 heavy (non-hydrogen) atoms. The molecule has 0 radical (unpaired) electrons. The van der Waals surface area contributed by atoms with Gasteiger partial charge in [0.1, 0.15) is 10.7 Å². The Morgan fingerprint density at radius 1 is 1.19 bits per heavy atom. The average molecular weight is 450 g/mol. The van der Waals surface area contributed by atoms with Crippen LogP contribution in [-0.4, -0.2) is 48.5 Å². The van der Waals surface area contributed by atoms with Crippen molar-refractivity contribution in [1.29, 1.82) is 0 Å². The summed E-state index contributed by atoms with van der Waals surface area (Å²) in [6.07, 6.45) is 1.19. The average Bonchev–Trinajstić information content (AvgIpc) is 2.62. The van der Waals surface area contributed by atoms with Gasteiger partial charge in [-0.3, -0.25) is 9.35 Å². The van der Waals surface area contributed by atoms with Crippen LogP contribution < -0.4 is 10.6 Å². The second kappa shape index (κ2) is 9.61. The molecule has 1 amide bonds. The fourth-order valence-electron chi connectivity index (χ4n) is 2.19. The molecule has 3 N–H and O–H groups in total. The minimum Gasteiger partial charge on any atom is -0.366 e. The predicted octanol–water partition coefficient (Wildman–Crippen LogP) is 2.97. The molecule has 0 atom stereocenters. The van der Waals surface area contributed by atoms with Gasteiger partial charge in [0.2, 0.25) is 5.91 Å². The number of nitrogens with zero attached hydrogens (tertiary/aromatic N) is 2. The van der Waals surface area contributed by atoms with Crippen molar-refractivity contribution < 1.29 is 17.8 Å². The topological polar surface area (TPSA) is 114 Å². The highest BCUT2D eigenvalue weighted by molar-refractivity contribution is 7.99. The number of rotatable bonds is 3. The van der Waals surface area contributed by atoms with Crippen LogP contribution in [0, 0.1) is 0 Å². The van der Waals surface area contributed by atoms with Gasteiger partial charge in [0.15, 0.2) is 0 Å². The molecule has 1 aliphatic heterocycles. The van der Waals surface area contributed by atoms with Gasteiger partial charge in [0.25, 0.3) is 10.1 Å². The normalized spacial score (nSPS) is 14.3. The summed E-state index contributed by atoms with van der Waals surface area (Å²) in [5.41, 5.74) is 5.29. The van der Waals surface area contributed by atoms with Crippen LogP contribution in [0.2, 0.25) is 10.0 Å². The Kier molecular flexibility index (Phi) is 7.75. The number of primary amides is 1. The number of carbonyl (C=O) groups is 1. The molecule has 2 aromatic rings. The van der Waals surface area contributed by atoms with Gasteiger partial charge in [0, 0.05) is 29.6 Å². The molecule has 1 aromatic heterocycles. The maximum Gasteiger partial charge on any atom is 0.296 e. The molecule has 1 aliphatic rings. The van der Waals surface area contributed by atoms with Crippen LogP contribution in [0.1, 0.15) is 10.4 Å². The number of aromatic nitrogens is 1. The van der Waals surface area contributed by atoms with Crippen LogP contribution in [0.5, 0.6) is 0 Å². The smallest absolute Gasteiger partial charge is 0.296 e. The molecule has 0 bridgehead atoms. The monoisotopic (exact) mass is 449 g/mol. The van der Waals surface area contributed by atoms with Gasteiger partial charge < -0.3 is 10.6 Å². The zero-order chi connectivity index (χ0) is 20.0. The number of halogens is 2. The van der Waals surface area contributed by atoms with E-state index >= 15 is 0 Å². The Bertz CT molecular complexity index is 902. The van der Waals surface area contributed by atoms with Crippen molar-refractivity contribution in [3.8, 4) is 0 Å². The van der Waals surface area contributed by atoms with E-state index in [0.717, 1.165) is 30.4 Å². The third-order valence-corrected chi connectivity index (χ3v) is 5.88. The lowest BCUT2D eigenvalue weighted by Gasteiger charge is -2.27. The summed E-state index contributed by atoms with van der Waals surface area (Å²) < 4.78 is 30.4. The van der Waals surface area contributed by atoms with Gasteiger partial charge in [0.05, 0.1) is 16.8 Å². The van der Waals surface area contributed by atoms with Crippen molar-refractivity contribution in [2.45, 2.75) is 4.90 Å². The number of thioether (sulfide) groups is 1. The van der Waals surface area contributed by atoms with E-state index in [9.17, 15) is 13.2 Å². The first-order valence-corrected chi connectivity index (χ1v) is 11.0. The minimum atomic E-state index is -4.14. The number of hydrogen-bond donors (Lipinski definition) is 2. The molecule has 1 aromatic carbocycles. The molecule has 0 aliphatic carbocycles. The van der Waals surface area contributed by atoms with Gasteiger partial charge in [-0.2, -0.15) is 20.2 Å². The number of pyridine rings is 1. The SMILES string of the molecule is NC(=O)c1ccc(Cl)cc1Cl.O=S(=O)(O)c1ccc(N2CCSCC2)nc1. The van der Waals surface area contributed by atoms with E-state index in [1.54, 1.807) is 12.1 Å². The first kappa shape index (κ1) is 21.8. The van der Waals surface area contributed by atoms with Crippen LogP contribution in [0.25, 0.3) is 0 Å². The molecule has 0 unspecified atom stereocenters. The zero-order valence-electron chi connectivity index (χ0n) is 14.0. The molecule has 3 rings (SSSR count). The molecule has 146 valence electrons. The minimum absolute atomic E-state index is 0.164. The summed E-state index contributed by atoms with van der Waals surface area (Å²) in [7, 11) is -4.14. The van der Waals surface area contributed by atoms with Crippen molar-refractivity contribution in [2.75, 3.05) is 29.5 Å². The standard InChI is InChI=1S/C9H12N2O3S2.C7H5Cl2NO/c12-16(13,14)8-1-2-9(10-7-8)11-3-5-15-6-4-11;8-4-1-2-5(7(10)11)6(9)3-4/h1-2,7H,3-6H2,(H,12,13,14);1-3H,(H2,10,11). The Morgan fingerprint density at radius 3 is 2.33 bits per heavy atom. The summed E-state index contributed by atoms with van der Waals surface area (Å²) in [6, 6.07) is 7.53. The Morgan fingerprint density at radius 2 is 1.85 bits per heavy atom. The highest BCUT2D eigenvalue weighted by atomic mass is 35.5. The summed E-state index contributed by atoms with van der Waals surface area (Å²) in [4.78, 5) is 16.6. The summed E-state index contributed by atoms with van der Waals surface area (Å²) in [5, 5.41) is 0.769. The van der Waals surface area contributed by atoms with Gasteiger partial charge >= 0.3 is 0 Å². The largest absolute Gasteiger partial charge is 0.366 e. The zero-order valence-corrected chi connectivity index (χ0v) is 17.2. The number of benzene rings is 1. The van der Waals surface area contributed by atoms with Gasteiger partial charge in [-0.25, -0.2) is 4.98 Å². The lowest BCUT2D eigenvalue weighted by Crippen LogP contribution is -2.33. The molecular formula is C16H17Cl2N3O4S2. The van der Waals surface area contributed by atoms with E-state index in [1.807, 2.05) is 11.8 Å². The van der Waals surface area contributed by atoms with Crippen molar-refractivity contribution in [3.63, 3.8) is 0 Å². The van der Waals surface area contributed by atoms with E-state index in [1.165, 1.54) is 24.4 Å². The first-order valence-electron chi connectivity index (χ1n) is 7.69. The van der Waals surface area contributed by atoms with Crippen LogP contribution in [0.4, 0.5) is 5.82 Å². The maximum absolute atomic E-state index is 10.8. The maximum atomic E-state index is 10.8. The Labute approximate surface area is 171 Å². The van der Waals surface area contributed by atoms with E-state index in [0.29, 0.717) is 5.02 Å². The van der Waals surface area contributed by atoms with Crippen LogP contribution >= 0.6 is 35.0 Å². The van der Waals surface area contributed by atoms with Crippen molar-refractivity contribution in [1.82, 2.24) is 4.98 Å². The lowest BCUT2D eigenvalue weighted by molar-refractivity contribution is 0.100. The second-order valence-corrected chi connectivity index (χ2v) is 8.90. The van der Waals surface area contributed by atoms with E-state index in [4.69, 9.17) is 33.5 Å².